The summed E-state index contributed by atoms with van der Waals surface area (Å²) in [5.41, 5.74) is 7.79. The highest BCUT2D eigenvalue weighted by atomic mass is 16.5. The first-order valence-corrected chi connectivity index (χ1v) is 6.06. The molecule has 0 saturated carbocycles. The standard InChI is InChI=1S/C14H18N2O/c1-2-3-8-17-14-9-11(10-15)12-6-4-5-7-13(12)16-14/h4-7,9H,2-3,8,10,15H2,1H3. The highest BCUT2D eigenvalue weighted by Gasteiger charge is 2.04. The van der Waals surface area contributed by atoms with Crippen LogP contribution in [0.15, 0.2) is 30.3 Å². The Bertz CT molecular complexity index is 497. The molecule has 17 heavy (non-hydrogen) atoms. The van der Waals surface area contributed by atoms with E-state index in [1.807, 2.05) is 30.3 Å². The van der Waals surface area contributed by atoms with Crippen LogP contribution in [0.25, 0.3) is 10.9 Å². The molecule has 0 saturated heterocycles. The smallest absolute Gasteiger partial charge is 0.214 e. The largest absolute Gasteiger partial charge is 0.478 e. The Hall–Kier alpha value is -1.61. The van der Waals surface area contributed by atoms with Crippen LogP contribution in [0.2, 0.25) is 0 Å². The molecule has 3 nitrogen and oxygen atoms in total. The molecule has 0 unspecified atom stereocenters. The zero-order valence-corrected chi connectivity index (χ0v) is 10.1. The van der Waals surface area contributed by atoms with E-state index in [0.717, 1.165) is 29.3 Å². The van der Waals surface area contributed by atoms with Crippen LogP contribution in [0.4, 0.5) is 0 Å². The van der Waals surface area contributed by atoms with E-state index in [-0.39, 0.29) is 0 Å². The highest BCUT2D eigenvalue weighted by molar-refractivity contribution is 5.82. The Kier molecular flexibility index (Phi) is 3.94. The maximum absolute atomic E-state index is 5.76. The molecule has 0 radical (unpaired) electrons. The van der Waals surface area contributed by atoms with Gasteiger partial charge < -0.3 is 10.5 Å². The topological polar surface area (TPSA) is 48.1 Å². The van der Waals surface area contributed by atoms with Crippen molar-refractivity contribution in [1.29, 1.82) is 0 Å². The number of para-hydroxylation sites is 1. The van der Waals surface area contributed by atoms with Crippen molar-refractivity contribution in [2.24, 2.45) is 5.73 Å². The van der Waals surface area contributed by atoms with Crippen molar-refractivity contribution < 1.29 is 4.74 Å². The number of rotatable bonds is 5. The van der Waals surface area contributed by atoms with Crippen LogP contribution < -0.4 is 10.5 Å². The average molecular weight is 230 g/mol. The van der Waals surface area contributed by atoms with Crippen LogP contribution in [0, 0.1) is 0 Å². The maximum atomic E-state index is 5.76. The van der Waals surface area contributed by atoms with E-state index in [9.17, 15) is 0 Å². The van der Waals surface area contributed by atoms with E-state index in [2.05, 4.69) is 11.9 Å². The van der Waals surface area contributed by atoms with Crippen molar-refractivity contribution in [2.75, 3.05) is 6.61 Å². The molecular weight excluding hydrogens is 212 g/mol. The summed E-state index contributed by atoms with van der Waals surface area (Å²) < 4.78 is 5.63. The first-order chi connectivity index (χ1) is 8.35. The number of hydrogen-bond donors (Lipinski definition) is 1. The number of fused-ring (bicyclic) bond motifs is 1. The quantitative estimate of drug-likeness (QED) is 0.803. The third-order valence-corrected chi connectivity index (χ3v) is 2.75. The SMILES string of the molecule is CCCCOc1cc(CN)c2ccccc2n1. The van der Waals surface area contributed by atoms with Gasteiger partial charge in [-0.25, -0.2) is 4.98 Å². The van der Waals surface area contributed by atoms with E-state index in [4.69, 9.17) is 10.5 Å². The summed E-state index contributed by atoms with van der Waals surface area (Å²) in [6.45, 7) is 3.36. The van der Waals surface area contributed by atoms with E-state index in [1.54, 1.807) is 0 Å². The zero-order chi connectivity index (χ0) is 12.1. The lowest BCUT2D eigenvalue weighted by atomic mass is 10.1. The third kappa shape index (κ3) is 2.74. The number of benzene rings is 1. The second-order valence-corrected chi connectivity index (χ2v) is 4.04. The molecule has 90 valence electrons. The summed E-state index contributed by atoms with van der Waals surface area (Å²) in [5.74, 6) is 0.678. The monoisotopic (exact) mass is 230 g/mol. The van der Waals surface area contributed by atoms with Gasteiger partial charge in [0.05, 0.1) is 12.1 Å². The van der Waals surface area contributed by atoms with Crippen molar-refractivity contribution in [2.45, 2.75) is 26.3 Å². The minimum absolute atomic E-state index is 0.507. The Morgan fingerprint density at radius 3 is 2.88 bits per heavy atom. The Morgan fingerprint density at radius 2 is 2.12 bits per heavy atom. The fourth-order valence-electron chi connectivity index (χ4n) is 1.78. The van der Waals surface area contributed by atoms with Crippen LogP contribution in [0.3, 0.4) is 0 Å². The molecule has 2 aromatic rings. The molecule has 0 atom stereocenters. The fourth-order valence-corrected chi connectivity index (χ4v) is 1.78. The van der Waals surface area contributed by atoms with Crippen molar-refractivity contribution in [3.63, 3.8) is 0 Å². The second kappa shape index (κ2) is 5.64. The number of ether oxygens (including phenoxy) is 1. The summed E-state index contributed by atoms with van der Waals surface area (Å²) in [6, 6.07) is 9.95. The molecule has 3 heteroatoms. The molecule has 0 fully saturated rings. The summed E-state index contributed by atoms with van der Waals surface area (Å²) in [5, 5.41) is 1.11. The molecule has 2 N–H and O–H groups in total. The fraction of sp³-hybridized carbons (Fsp3) is 0.357. The van der Waals surface area contributed by atoms with E-state index in [1.165, 1.54) is 0 Å². The number of nitrogens with zero attached hydrogens (tertiary/aromatic N) is 1. The molecule has 1 heterocycles. The van der Waals surface area contributed by atoms with Crippen LogP contribution in [-0.2, 0) is 6.54 Å². The molecule has 2 rings (SSSR count). The maximum Gasteiger partial charge on any atom is 0.214 e. The number of unbranched alkanes of at least 4 members (excludes halogenated alkanes) is 1. The van der Waals surface area contributed by atoms with Gasteiger partial charge in [0.25, 0.3) is 0 Å². The van der Waals surface area contributed by atoms with Crippen molar-refractivity contribution in [3.05, 3.63) is 35.9 Å². The minimum Gasteiger partial charge on any atom is -0.478 e. The van der Waals surface area contributed by atoms with Gasteiger partial charge in [-0.05, 0) is 18.1 Å². The molecule has 0 aliphatic heterocycles. The lowest BCUT2D eigenvalue weighted by molar-refractivity contribution is 0.298. The second-order valence-electron chi connectivity index (χ2n) is 4.04. The van der Waals surface area contributed by atoms with Gasteiger partial charge in [-0.1, -0.05) is 31.5 Å². The summed E-state index contributed by atoms with van der Waals surface area (Å²) in [4.78, 5) is 4.48. The summed E-state index contributed by atoms with van der Waals surface area (Å²) in [7, 11) is 0. The molecule has 0 aliphatic rings. The number of aromatic nitrogens is 1. The Labute approximate surface area is 102 Å². The average Bonchev–Trinajstić information content (AvgIpc) is 2.38. The first-order valence-electron chi connectivity index (χ1n) is 6.06. The molecular formula is C14H18N2O. The first kappa shape index (κ1) is 11.9. The van der Waals surface area contributed by atoms with Gasteiger partial charge >= 0.3 is 0 Å². The predicted molar refractivity (Wildman–Crippen MR) is 70.0 cm³/mol. The van der Waals surface area contributed by atoms with Gasteiger partial charge in [-0.15, -0.1) is 0 Å². The van der Waals surface area contributed by atoms with Gasteiger partial charge in [0.15, 0.2) is 0 Å². The molecule has 0 spiro atoms. The molecule has 0 aliphatic carbocycles. The van der Waals surface area contributed by atoms with Gasteiger partial charge in [-0.2, -0.15) is 0 Å². The van der Waals surface area contributed by atoms with E-state index in [0.29, 0.717) is 19.0 Å². The number of hydrogen-bond acceptors (Lipinski definition) is 3. The van der Waals surface area contributed by atoms with Gasteiger partial charge in [0.2, 0.25) is 5.88 Å². The molecule has 0 amide bonds. The van der Waals surface area contributed by atoms with Gasteiger partial charge in [0.1, 0.15) is 0 Å². The third-order valence-electron chi connectivity index (χ3n) is 2.75. The molecule has 1 aromatic heterocycles. The summed E-state index contributed by atoms with van der Waals surface area (Å²) >= 11 is 0. The zero-order valence-electron chi connectivity index (χ0n) is 10.1. The van der Waals surface area contributed by atoms with Crippen molar-refractivity contribution in [1.82, 2.24) is 4.98 Å². The number of pyridine rings is 1. The van der Waals surface area contributed by atoms with Crippen molar-refractivity contribution in [3.8, 4) is 5.88 Å². The Morgan fingerprint density at radius 1 is 1.29 bits per heavy atom. The highest BCUT2D eigenvalue weighted by Crippen LogP contribution is 2.21. The molecule has 1 aromatic carbocycles. The lowest BCUT2D eigenvalue weighted by Gasteiger charge is -2.09. The number of nitrogens with two attached hydrogens (primary N) is 1. The summed E-state index contributed by atoms with van der Waals surface area (Å²) in [6.07, 6.45) is 2.17. The van der Waals surface area contributed by atoms with E-state index >= 15 is 0 Å². The molecule has 0 bridgehead atoms. The van der Waals surface area contributed by atoms with Crippen LogP contribution >= 0.6 is 0 Å². The van der Waals surface area contributed by atoms with Crippen LogP contribution in [0.5, 0.6) is 5.88 Å². The Balaban J connectivity index is 2.32. The van der Waals surface area contributed by atoms with Gasteiger partial charge in [0, 0.05) is 18.0 Å². The lowest BCUT2D eigenvalue weighted by Crippen LogP contribution is -2.03. The van der Waals surface area contributed by atoms with Gasteiger partial charge in [-0.3, -0.25) is 0 Å². The van der Waals surface area contributed by atoms with E-state index < -0.39 is 0 Å². The van der Waals surface area contributed by atoms with Crippen molar-refractivity contribution >= 4 is 10.9 Å². The van der Waals surface area contributed by atoms with Crippen LogP contribution in [-0.4, -0.2) is 11.6 Å². The van der Waals surface area contributed by atoms with Crippen LogP contribution in [0.1, 0.15) is 25.3 Å². The predicted octanol–water partition coefficient (Wildman–Crippen LogP) is 2.87. The minimum atomic E-state index is 0.507. The normalized spacial score (nSPS) is 10.7.